The third-order valence-electron chi connectivity index (χ3n) is 8.14. The summed E-state index contributed by atoms with van der Waals surface area (Å²) in [7, 11) is 0. The van der Waals surface area contributed by atoms with Crippen LogP contribution in [0.2, 0.25) is 0 Å². The molecule has 59 heavy (non-hydrogen) atoms. The Balaban J connectivity index is 2.21. The zero-order chi connectivity index (χ0) is 44.1. The second-order valence-electron chi connectivity index (χ2n) is 13.1. The van der Waals surface area contributed by atoms with Crippen molar-refractivity contribution in [3.8, 4) is 0 Å². The third-order valence-corrected chi connectivity index (χ3v) is 8.14. The Morgan fingerprint density at radius 3 is 1.14 bits per heavy atom. The summed E-state index contributed by atoms with van der Waals surface area (Å²) >= 11 is 0. The van der Waals surface area contributed by atoms with Gasteiger partial charge in [-0.15, -0.1) is 0 Å². The smallest absolute Gasteiger partial charge is 0.303 e. The van der Waals surface area contributed by atoms with Gasteiger partial charge in [-0.25, -0.2) is 0 Å². The lowest BCUT2D eigenvalue weighted by Gasteiger charge is -2.49. The Morgan fingerprint density at radius 2 is 0.729 bits per heavy atom. The molecule has 0 aromatic heterocycles. The van der Waals surface area contributed by atoms with E-state index in [0.29, 0.717) is 0 Å². The van der Waals surface area contributed by atoms with E-state index >= 15 is 0 Å². The van der Waals surface area contributed by atoms with Gasteiger partial charge in [-0.2, -0.15) is 0 Å². The van der Waals surface area contributed by atoms with E-state index in [2.05, 4.69) is 0 Å². The molecule has 330 valence electrons. The molecule has 3 rings (SSSR count). The highest BCUT2D eigenvalue weighted by Gasteiger charge is 2.58. The number of rotatable bonds is 16. The Hall–Kier alpha value is -5.39. The molecule has 2 saturated heterocycles. The van der Waals surface area contributed by atoms with Crippen molar-refractivity contribution in [2.45, 2.75) is 142 Å². The standard InChI is InChI=1S/C36H48O23/c1-15(37)47-12-25-28(24(10-11-46-25)50-18(4)40)58-35-34(55-23(9)45)32(53-21(7)43)30(27(57-35)14-49-17(3)39)59-36-33(54-22(8)44)31(52-20(6)42)29(51-19(5)41)26(56-36)13-48-16(2)38/h10-11,24-36H,12-14H2,1-9H3/t24-,25-,26-,27-,28+,29-,30-,31+,32+,33-,34-,35-,36-/m1/s1. The monoisotopic (exact) mass is 848 g/mol. The predicted molar refractivity (Wildman–Crippen MR) is 184 cm³/mol. The van der Waals surface area contributed by atoms with Crippen molar-refractivity contribution in [2.75, 3.05) is 19.8 Å². The summed E-state index contributed by atoms with van der Waals surface area (Å²) in [5.74, 6) is -7.85. The molecule has 0 radical (unpaired) electrons. The lowest BCUT2D eigenvalue weighted by molar-refractivity contribution is -0.368. The number of hydrogen-bond donors (Lipinski definition) is 0. The molecule has 23 heteroatoms. The van der Waals surface area contributed by atoms with E-state index in [4.69, 9.17) is 66.3 Å². The van der Waals surface area contributed by atoms with Gasteiger partial charge in [0.2, 0.25) is 0 Å². The van der Waals surface area contributed by atoms with Crippen LogP contribution < -0.4 is 0 Å². The first-order valence-electron chi connectivity index (χ1n) is 18.0. The quantitative estimate of drug-likeness (QED) is 0.138. The minimum absolute atomic E-state index is 0.439. The Bertz CT molecular complexity index is 1590. The van der Waals surface area contributed by atoms with Gasteiger partial charge in [-0.3, -0.25) is 43.2 Å². The van der Waals surface area contributed by atoms with Crippen molar-refractivity contribution in [3.63, 3.8) is 0 Å². The van der Waals surface area contributed by atoms with E-state index in [0.717, 1.165) is 62.3 Å². The summed E-state index contributed by atoms with van der Waals surface area (Å²) < 4.78 is 79.1. The van der Waals surface area contributed by atoms with Crippen LogP contribution in [0.1, 0.15) is 62.3 Å². The number of esters is 9. The number of carbonyl (C=O) groups is 9. The van der Waals surface area contributed by atoms with E-state index in [1.165, 1.54) is 12.3 Å². The van der Waals surface area contributed by atoms with Gasteiger partial charge >= 0.3 is 53.7 Å². The molecule has 0 saturated carbocycles. The maximum atomic E-state index is 12.8. The minimum Gasteiger partial charge on any atom is -0.492 e. The summed E-state index contributed by atoms with van der Waals surface area (Å²) in [4.78, 5) is 110. The zero-order valence-corrected chi connectivity index (χ0v) is 33.7. The molecule has 3 heterocycles. The van der Waals surface area contributed by atoms with Gasteiger partial charge in [0.05, 0.1) is 6.26 Å². The van der Waals surface area contributed by atoms with Crippen molar-refractivity contribution in [2.24, 2.45) is 0 Å². The lowest BCUT2D eigenvalue weighted by Crippen LogP contribution is -2.67. The van der Waals surface area contributed by atoms with E-state index in [-0.39, 0.29) is 0 Å². The fourth-order valence-electron chi connectivity index (χ4n) is 6.16. The molecule has 0 aromatic carbocycles. The van der Waals surface area contributed by atoms with E-state index in [1.807, 2.05) is 0 Å². The zero-order valence-electron chi connectivity index (χ0n) is 33.7. The first kappa shape index (κ1) is 48.0. The normalized spacial score (nSPS) is 31.2. The number of ether oxygens (including phenoxy) is 14. The van der Waals surface area contributed by atoms with Gasteiger partial charge in [0.25, 0.3) is 0 Å². The van der Waals surface area contributed by atoms with E-state index in [1.54, 1.807) is 0 Å². The maximum absolute atomic E-state index is 12.8. The first-order valence-corrected chi connectivity index (χ1v) is 18.0. The average Bonchev–Trinajstić information content (AvgIpc) is 3.10. The number of carbonyl (C=O) groups excluding carboxylic acids is 9. The molecular weight excluding hydrogens is 800 g/mol. The minimum atomic E-state index is -1.91. The molecule has 3 aliphatic rings. The lowest BCUT2D eigenvalue weighted by atomic mass is 9.95. The molecule has 0 bridgehead atoms. The largest absolute Gasteiger partial charge is 0.492 e. The Kier molecular flexibility index (Phi) is 18.0. The summed E-state index contributed by atoms with van der Waals surface area (Å²) in [5.41, 5.74) is 0. The van der Waals surface area contributed by atoms with Crippen LogP contribution in [0.5, 0.6) is 0 Å². The number of hydrogen-bond acceptors (Lipinski definition) is 23. The second-order valence-corrected chi connectivity index (χ2v) is 13.1. The van der Waals surface area contributed by atoms with Crippen LogP contribution in [0.15, 0.2) is 12.3 Å². The second kappa shape index (κ2) is 22.1. The Morgan fingerprint density at radius 1 is 0.390 bits per heavy atom. The van der Waals surface area contributed by atoms with Crippen molar-refractivity contribution in [1.82, 2.24) is 0 Å². The van der Waals surface area contributed by atoms with Crippen LogP contribution in [0, 0.1) is 0 Å². The maximum Gasteiger partial charge on any atom is 0.303 e. The molecular formula is C36H48O23. The molecule has 3 aliphatic heterocycles. The summed E-state index contributed by atoms with van der Waals surface area (Å²) in [6.45, 7) is 7.62. The summed E-state index contributed by atoms with van der Waals surface area (Å²) in [6.07, 6.45) is -18.5. The highest BCUT2D eigenvalue weighted by molar-refractivity contribution is 5.70. The van der Waals surface area contributed by atoms with Crippen LogP contribution in [-0.2, 0) is 109 Å². The summed E-state index contributed by atoms with van der Waals surface area (Å²) in [6, 6.07) is 0. The van der Waals surface area contributed by atoms with Gasteiger partial charge in [-0.1, -0.05) is 0 Å². The van der Waals surface area contributed by atoms with E-state index in [9.17, 15) is 43.2 Å². The average molecular weight is 849 g/mol. The van der Waals surface area contributed by atoms with Gasteiger partial charge in [-0.05, 0) is 6.08 Å². The summed E-state index contributed by atoms with van der Waals surface area (Å²) in [5, 5.41) is 0. The molecule has 0 unspecified atom stereocenters. The molecule has 0 aromatic rings. The van der Waals surface area contributed by atoms with Crippen LogP contribution in [-0.4, -0.2) is 153 Å². The van der Waals surface area contributed by atoms with Gasteiger partial charge < -0.3 is 66.3 Å². The molecule has 23 nitrogen and oxygen atoms in total. The molecule has 2 fully saturated rings. The third kappa shape index (κ3) is 14.7. The van der Waals surface area contributed by atoms with Crippen LogP contribution in [0.25, 0.3) is 0 Å². The molecule has 0 amide bonds. The van der Waals surface area contributed by atoms with Crippen LogP contribution in [0.4, 0.5) is 0 Å². The molecule has 13 atom stereocenters. The fourth-order valence-corrected chi connectivity index (χ4v) is 6.16. The van der Waals surface area contributed by atoms with Crippen molar-refractivity contribution in [3.05, 3.63) is 12.3 Å². The topological polar surface area (TPSA) is 283 Å². The van der Waals surface area contributed by atoms with Crippen molar-refractivity contribution in [1.29, 1.82) is 0 Å². The molecule has 0 spiro atoms. The Labute approximate surface area is 337 Å². The SMILES string of the molecule is CC(=O)OC[C@H]1O[C@H](O[C@H]2[C@H](OC(C)=O)[C@@H](OC(C)=O)[C@@H](O[C@H]3[C@H](OC(C)=O)C=CO[C@@H]3COC(C)=O)O[C@@H]2COC(C)=O)[C@H](OC(C)=O)[C@@H](OC(C)=O)[C@@H]1OC(C)=O. The van der Waals surface area contributed by atoms with Gasteiger partial charge in [0.1, 0.15) is 44.2 Å². The van der Waals surface area contributed by atoms with Crippen LogP contribution >= 0.6 is 0 Å². The van der Waals surface area contributed by atoms with E-state index < -0.39 is 153 Å². The highest BCUT2D eigenvalue weighted by atomic mass is 16.8. The van der Waals surface area contributed by atoms with Gasteiger partial charge in [0, 0.05) is 62.3 Å². The van der Waals surface area contributed by atoms with Crippen molar-refractivity contribution >= 4 is 53.7 Å². The van der Waals surface area contributed by atoms with Crippen LogP contribution in [0.3, 0.4) is 0 Å². The first-order chi connectivity index (χ1) is 27.7. The van der Waals surface area contributed by atoms with Crippen molar-refractivity contribution < 1.29 is 109 Å². The molecule has 0 N–H and O–H groups in total. The van der Waals surface area contributed by atoms with Gasteiger partial charge in [0.15, 0.2) is 55.3 Å². The fraction of sp³-hybridized carbons (Fsp3) is 0.694. The highest BCUT2D eigenvalue weighted by Crippen LogP contribution is 2.37. The predicted octanol–water partition coefficient (Wildman–Crippen LogP) is -0.601. The molecule has 0 aliphatic carbocycles.